The number of benzene rings is 2. The van der Waals surface area contributed by atoms with E-state index in [2.05, 4.69) is 10.6 Å². The van der Waals surface area contributed by atoms with Crippen molar-refractivity contribution in [2.45, 2.75) is 20.3 Å². The molecular formula is C21H28ClN3O4. The molecule has 0 radical (unpaired) electrons. The van der Waals surface area contributed by atoms with Crippen LogP contribution in [0.2, 0.25) is 0 Å². The van der Waals surface area contributed by atoms with Gasteiger partial charge < -0.3 is 25.8 Å². The van der Waals surface area contributed by atoms with E-state index in [0.717, 1.165) is 6.42 Å². The number of anilines is 1. The van der Waals surface area contributed by atoms with E-state index < -0.39 is 0 Å². The quantitative estimate of drug-likeness (QED) is 0.546. The van der Waals surface area contributed by atoms with Crippen molar-refractivity contribution in [3.05, 3.63) is 53.6 Å². The molecule has 0 aliphatic carbocycles. The molecule has 0 fully saturated rings. The lowest BCUT2D eigenvalue weighted by molar-refractivity contribution is 0.0955. The summed E-state index contributed by atoms with van der Waals surface area (Å²) in [4.78, 5) is 25.0. The number of ether oxygens (including phenoxy) is 2. The number of hydrogen-bond donors (Lipinski definition) is 3. The van der Waals surface area contributed by atoms with Crippen LogP contribution in [-0.2, 0) is 0 Å². The molecule has 0 heterocycles. The van der Waals surface area contributed by atoms with Crippen LogP contribution in [0, 0.1) is 0 Å². The second kappa shape index (κ2) is 12.6. The van der Waals surface area contributed by atoms with Gasteiger partial charge in [0.1, 0.15) is 0 Å². The van der Waals surface area contributed by atoms with Crippen LogP contribution in [0.15, 0.2) is 42.5 Å². The lowest BCUT2D eigenvalue weighted by Gasteiger charge is -2.14. The number of carbonyl (C=O) groups is 2. The number of nitrogens with one attached hydrogen (secondary N) is 2. The third-order valence-corrected chi connectivity index (χ3v) is 3.82. The zero-order chi connectivity index (χ0) is 20.4. The maximum absolute atomic E-state index is 12.7. The highest BCUT2D eigenvalue weighted by Crippen LogP contribution is 2.29. The third-order valence-electron chi connectivity index (χ3n) is 3.82. The Bertz CT molecular complexity index is 814. The highest BCUT2D eigenvalue weighted by Gasteiger charge is 2.15. The first-order valence-electron chi connectivity index (χ1n) is 9.39. The van der Waals surface area contributed by atoms with Gasteiger partial charge in [0.2, 0.25) is 0 Å². The maximum atomic E-state index is 12.7. The van der Waals surface area contributed by atoms with Gasteiger partial charge in [0, 0.05) is 18.7 Å². The van der Waals surface area contributed by atoms with Crippen LogP contribution >= 0.6 is 12.4 Å². The van der Waals surface area contributed by atoms with Crippen LogP contribution in [0.3, 0.4) is 0 Å². The molecule has 0 aliphatic heterocycles. The molecule has 2 aromatic rings. The fourth-order valence-electron chi connectivity index (χ4n) is 2.51. The SMILES string of the molecule is CCCOc1ccc(C(=O)Nc2ccccc2C(=O)NCCN)cc1OCC.Cl. The number of hydrogen-bond acceptors (Lipinski definition) is 5. The van der Waals surface area contributed by atoms with E-state index in [1.165, 1.54) is 0 Å². The van der Waals surface area contributed by atoms with E-state index in [0.29, 0.717) is 54.6 Å². The molecule has 0 aromatic heterocycles. The Labute approximate surface area is 177 Å². The minimum atomic E-state index is -0.345. The van der Waals surface area contributed by atoms with Gasteiger partial charge in [-0.25, -0.2) is 0 Å². The highest BCUT2D eigenvalue weighted by atomic mass is 35.5. The zero-order valence-corrected chi connectivity index (χ0v) is 17.5. The largest absolute Gasteiger partial charge is 0.490 e. The molecule has 0 atom stereocenters. The molecule has 29 heavy (non-hydrogen) atoms. The molecule has 0 aliphatic rings. The van der Waals surface area contributed by atoms with Crippen molar-refractivity contribution >= 4 is 29.9 Å². The van der Waals surface area contributed by atoms with Gasteiger partial charge in [-0.2, -0.15) is 0 Å². The summed E-state index contributed by atoms with van der Waals surface area (Å²) in [6.07, 6.45) is 0.872. The van der Waals surface area contributed by atoms with Gasteiger partial charge in [-0.15, -0.1) is 12.4 Å². The monoisotopic (exact) mass is 421 g/mol. The molecule has 2 amide bonds. The summed E-state index contributed by atoms with van der Waals surface area (Å²) in [7, 11) is 0. The molecule has 0 unspecified atom stereocenters. The van der Waals surface area contributed by atoms with Crippen LogP contribution in [-0.4, -0.2) is 38.1 Å². The lowest BCUT2D eigenvalue weighted by atomic mass is 10.1. The average Bonchev–Trinajstić information content (AvgIpc) is 2.71. The fourth-order valence-corrected chi connectivity index (χ4v) is 2.51. The second-order valence-corrected chi connectivity index (χ2v) is 5.99. The van der Waals surface area contributed by atoms with Gasteiger partial charge in [0.25, 0.3) is 11.8 Å². The molecule has 7 nitrogen and oxygen atoms in total. The van der Waals surface area contributed by atoms with E-state index >= 15 is 0 Å². The normalized spacial score (nSPS) is 9.90. The Kier molecular flexibility index (Phi) is 10.6. The van der Waals surface area contributed by atoms with Crippen LogP contribution in [0.4, 0.5) is 5.69 Å². The molecule has 8 heteroatoms. The Hall–Kier alpha value is -2.77. The van der Waals surface area contributed by atoms with Gasteiger partial charge in [-0.3, -0.25) is 9.59 Å². The lowest BCUT2D eigenvalue weighted by Crippen LogP contribution is -2.30. The summed E-state index contributed by atoms with van der Waals surface area (Å²) in [5.74, 6) is 0.473. The van der Waals surface area contributed by atoms with Gasteiger partial charge in [-0.05, 0) is 43.7 Å². The van der Waals surface area contributed by atoms with E-state index in [1.54, 1.807) is 42.5 Å². The Balaban J connectivity index is 0.00000420. The van der Waals surface area contributed by atoms with Crippen LogP contribution in [0.1, 0.15) is 41.0 Å². The first kappa shape index (κ1) is 24.3. The van der Waals surface area contributed by atoms with Crippen molar-refractivity contribution in [2.75, 3.05) is 31.6 Å². The zero-order valence-electron chi connectivity index (χ0n) is 16.7. The average molecular weight is 422 g/mol. The highest BCUT2D eigenvalue weighted by molar-refractivity contribution is 6.09. The van der Waals surface area contributed by atoms with Crippen molar-refractivity contribution in [3.63, 3.8) is 0 Å². The number of para-hydroxylation sites is 1. The molecular weight excluding hydrogens is 394 g/mol. The summed E-state index contributed by atoms with van der Waals surface area (Å²) in [6, 6.07) is 11.8. The Morgan fingerprint density at radius 1 is 1.00 bits per heavy atom. The first-order valence-corrected chi connectivity index (χ1v) is 9.39. The summed E-state index contributed by atoms with van der Waals surface area (Å²) >= 11 is 0. The van der Waals surface area contributed by atoms with E-state index in [9.17, 15) is 9.59 Å². The molecule has 0 saturated carbocycles. The third kappa shape index (κ3) is 6.96. The number of amides is 2. The van der Waals surface area contributed by atoms with Crippen LogP contribution in [0.25, 0.3) is 0 Å². The van der Waals surface area contributed by atoms with E-state index in [1.807, 2.05) is 13.8 Å². The molecule has 0 spiro atoms. The van der Waals surface area contributed by atoms with Crippen molar-refractivity contribution in [1.29, 1.82) is 0 Å². The van der Waals surface area contributed by atoms with E-state index in [4.69, 9.17) is 15.2 Å². The summed E-state index contributed by atoms with van der Waals surface area (Å²) in [5.41, 5.74) is 6.63. The van der Waals surface area contributed by atoms with Crippen molar-refractivity contribution in [2.24, 2.45) is 5.73 Å². The van der Waals surface area contributed by atoms with Gasteiger partial charge in [0.05, 0.1) is 24.5 Å². The number of carbonyl (C=O) groups excluding carboxylic acids is 2. The smallest absolute Gasteiger partial charge is 0.255 e. The summed E-state index contributed by atoms with van der Waals surface area (Å²) < 4.78 is 11.3. The number of halogens is 1. The topological polar surface area (TPSA) is 103 Å². The second-order valence-electron chi connectivity index (χ2n) is 5.99. The van der Waals surface area contributed by atoms with Crippen LogP contribution < -0.4 is 25.8 Å². The number of rotatable bonds is 10. The molecule has 158 valence electrons. The van der Waals surface area contributed by atoms with Crippen molar-refractivity contribution in [1.82, 2.24) is 5.32 Å². The van der Waals surface area contributed by atoms with E-state index in [-0.39, 0.29) is 24.2 Å². The standard InChI is InChI=1S/C21H27N3O4.ClH/c1-3-13-28-18-10-9-15(14-19(18)27-4-2)20(25)24-17-8-6-5-7-16(17)21(26)23-12-11-22;/h5-10,14H,3-4,11-13,22H2,1-2H3,(H,23,26)(H,24,25);1H. The molecule has 2 rings (SSSR count). The Morgan fingerprint density at radius 3 is 2.45 bits per heavy atom. The maximum Gasteiger partial charge on any atom is 0.255 e. The Morgan fingerprint density at radius 2 is 1.76 bits per heavy atom. The fraction of sp³-hybridized carbons (Fsp3) is 0.333. The van der Waals surface area contributed by atoms with Gasteiger partial charge >= 0.3 is 0 Å². The minimum absolute atomic E-state index is 0. The van der Waals surface area contributed by atoms with Crippen molar-refractivity contribution in [3.8, 4) is 11.5 Å². The van der Waals surface area contributed by atoms with Gasteiger partial charge in [-0.1, -0.05) is 19.1 Å². The predicted octanol–water partition coefficient (Wildman–Crippen LogP) is 3.24. The molecule has 0 bridgehead atoms. The minimum Gasteiger partial charge on any atom is -0.490 e. The number of nitrogens with two attached hydrogens (primary N) is 1. The van der Waals surface area contributed by atoms with Gasteiger partial charge in [0.15, 0.2) is 11.5 Å². The summed E-state index contributed by atoms with van der Waals surface area (Å²) in [5, 5.41) is 5.49. The first-order chi connectivity index (χ1) is 13.6. The molecule has 4 N–H and O–H groups in total. The molecule has 2 aromatic carbocycles. The van der Waals surface area contributed by atoms with Crippen LogP contribution in [0.5, 0.6) is 11.5 Å². The summed E-state index contributed by atoms with van der Waals surface area (Å²) in [6.45, 7) is 5.61. The van der Waals surface area contributed by atoms with Crippen molar-refractivity contribution < 1.29 is 19.1 Å². The predicted molar refractivity (Wildman–Crippen MR) is 116 cm³/mol. The molecule has 0 saturated heterocycles.